The van der Waals surface area contributed by atoms with E-state index in [-0.39, 0.29) is 11.3 Å². The van der Waals surface area contributed by atoms with Crippen LogP contribution in [-0.2, 0) is 12.8 Å². The van der Waals surface area contributed by atoms with E-state index in [0.717, 1.165) is 52.1 Å². The van der Waals surface area contributed by atoms with E-state index in [9.17, 15) is 9.90 Å². The van der Waals surface area contributed by atoms with E-state index in [1.807, 2.05) is 19.2 Å². The number of pyridine rings is 1. The highest BCUT2D eigenvalue weighted by molar-refractivity contribution is 7.99. The first kappa shape index (κ1) is 17.5. The number of benzene rings is 2. The number of thioether (sulfide) groups is 1. The number of fused-ring (bicyclic) bond motifs is 3. The van der Waals surface area contributed by atoms with Crippen molar-refractivity contribution < 1.29 is 5.11 Å². The zero-order chi connectivity index (χ0) is 18.3. The van der Waals surface area contributed by atoms with Gasteiger partial charge in [0.05, 0.1) is 15.4 Å². The van der Waals surface area contributed by atoms with Crippen LogP contribution in [0, 0.1) is 0 Å². The molecule has 4 rings (SSSR count). The van der Waals surface area contributed by atoms with Crippen molar-refractivity contribution in [2.24, 2.45) is 0 Å². The van der Waals surface area contributed by atoms with Gasteiger partial charge in [0, 0.05) is 22.8 Å². The van der Waals surface area contributed by atoms with Crippen molar-refractivity contribution in [2.75, 3.05) is 19.3 Å². The standard InChI is InChI=1S/C20H19ClN2O2S/c1-22-8-6-11-2-4-12(5-3-11)16-15(24)10-14(21)18-17(16)13-7-9-26-19(13)20(25)23-18/h2-5,10,22,24H,6-9H2,1H3,(H,23,25). The number of rotatable bonds is 4. The summed E-state index contributed by atoms with van der Waals surface area (Å²) in [6, 6.07) is 9.71. The van der Waals surface area contributed by atoms with Crippen LogP contribution in [0.4, 0.5) is 0 Å². The zero-order valence-electron chi connectivity index (χ0n) is 14.4. The Labute approximate surface area is 160 Å². The summed E-state index contributed by atoms with van der Waals surface area (Å²) in [5.41, 5.74) is 4.37. The molecule has 1 aromatic heterocycles. The van der Waals surface area contributed by atoms with Crippen LogP contribution in [0.2, 0.25) is 5.02 Å². The van der Waals surface area contributed by atoms with Crippen LogP contribution >= 0.6 is 23.4 Å². The molecule has 1 aliphatic heterocycles. The van der Waals surface area contributed by atoms with Crippen molar-refractivity contribution in [1.29, 1.82) is 0 Å². The first-order valence-corrected chi connectivity index (χ1v) is 9.93. The van der Waals surface area contributed by atoms with Gasteiger partial charge in [0.25, 0.3) is 5.56 Å². The SMILES string of the molecule is CNCCc1ccc(-c2c(O)cc(Cl)c3[nH]c(=O)c4c(c23)CCS4)cc1. The second kappa shape index (κ2) is 6.99. The van der Waals surface area contributed by atoms with Gasteiger partial charge in [0.1, 0.15) is 5.75 Å². The summed E-state index contributed by atoms with van der Waals surface area (Å²) >= 11 is 7.90. The minimum atomic E-state index is -0.101. The summed E-state index contributed by atoms with van der Waals surface area (Å²) in [5, 5.41) is 15.0. The normalized spacial score (nSPS) is 13.3. The third-order valence-corrected chi connectivity index (χ3v) is 6.21. The van der Waals surface area contributed by atoms with Crippen LogP contribution in [0.25, 0.3) is 22.0 Å². The first-order valence-electron chi connectivity index (χ1n) is 8.57. The summed E-state index contributed by atoms with van der Waals surface area (Å²) in [6.45, 7) is 0.917. The Morgan fingerprint density at radius 1 is 1.31 bits per heavy atom. The smallest absolute Gasteiger partial charge is 0.262 e. The van der Waals surface area contributed by atoms with E-state index < -0.39 is 0 Å². The molecule has 2 heterocycles. The van der Waals surface area contributed by atoms with Crippen molar-refractivity contribution in [3.05, 3.63) is 56.8 Å². The molecule has 0 fully saturated rings. The van der Waals surface area contributed by atoms with Crippen molar-refractivity contribution >= 4 is 34.3 Å². The molecule has 0 saturated carbocycles. The molecule has 134 valence electrons. The van der Waals surface area contributed by atoms with Crippen LogP contribution in [0.5, 0.6) is 5.75 Å². The Bertz CT molecular complexity index is 1040. The van der Waals surface area contributed by atoms with Crippen molar-refractivity contribution in [3.63, 3.8) is 0 Å². The molecule has 6 heteroatoms. The topological polar surface area (TPSA) is 65.1 Å². The maximum absolute atomic E-state index is 12.4. The minimum Gasteiger partial charge on any atom is -0.507 e. The molecule has 1 aliphatic rings. The molecule has 4 nitrogen and oxygen atoms in total. The van der Waals surface area contributed by atoms with E-state index in [2.05, 4.69) is 22.4 Å². The molecular weight excluding hydrogens is 368 g/mol. The zero-order valence-corrected chi connectivity index (χ0v) is 15.9. The van der Waals surface area contributed by atoms with Crippen molar-refractivity contribution in [2.45, 2.75) is 17.7 Å². The summed E-state index contributed by atoms with van der Waals surface area (Å²) in [5.74, 6) is 1.00. The van der Waals surface area contributed by atoms with Crippen LogP contribution in [0.3, 0.4) is 0 Å². The summed E-state index contributed by atoms with van der Waals surface area (Å²) in [4.78, 5) is 16.0. The molecule has 0 aliphatic carbocycles. The van der Waals surface area contributed by atoms with Crippen molar-refractivity contribution in [1.82, 2.24) is 10.3 Å². The van der Waals surface area contributed by atoms with Gasteiger partial charge in [-0.25, -0.2) is 0 Å². The number of hydrogen-bond acceptors (Lipinski definition) is 4. The lowest BCUT2D eigenvalue weighted by atomic mass is 9.94. The Morgan fingerprint density at radius 2 is 2.08 bits per heavy atom. The van der Waals surface area contributed by atoms with E-state index in [1.54, 1.807) is 11.8 Å². The van der Waals surface area contributed by atoms with E-state index >= 15 is 0 Å². The largest absolute Gasteiger partial charge is 0.507 e. The average molecular weight is 387 g/mol. The molecule has 0 saturated heterocycles. The fourth-order valence-electron chi connectivity index (χ4n) is 3.53. The maximum Gasteiger partial charge on any atom is 0.262 e. The number of H-pyrrole nitrogens is 1. The number of halogens is 1. The summed E-state index contributed by atoms with van der Waals surface area (Å²) in [6.07, 6.45) is 1.75. The highest BCUT2D eigenvalue weighted by Crippen LogP contribution is 2.44. The Hall–Kier alpha value is -1.95. The second-order valence-electron chi connectivity index (χ2n) is 6.41. The number of hydrogen-bond donors (Lipinski definition) is 3. The molecule has 0 spiro atoms. The number of phenolic OH excluding ortho intramolecular Hbond substituents is 1. The van der Waals surface area contributed by atoms with Crippen LogP contribution in [0.1, 0.15) is 11.1 Å². The van der Waals surface area contributed by atoms with Gasteiger partial charge in [-0.15, -0.1) is 11.8 Å². The van der Waals surface area contributed by atoms with Gasteiger partial charge in [-0.1, -0.05) is 35.9 Å². The third kappa shape index (κ3) is 2.90. The number of phenols is 1. The van der Waals surface area contributed by atoms with Crippen molar-refractivity contribution in [3.8, 4) is 16.9 Å². The van der Waals surface area contributed by atoms with Gasteiger partial charge < -0.3 is 15.4 Å². The van der Waals surface area contributed by atoms with Crippen LogP contribution in [-0.4, -0.2) is 29.4 Å². The molecule has 0 atom stereocenters. The van der Waals surface area contributed by atoms with Gasteiger partial charge in [-0.05, 0) is 43.1 Å². The molecular formula is C20H19ClN2O2S. The van der Waals surface area contributed by atoms with Crippen LogP contribution < -0.4 is 10.9 Å². The lowest BCUT2D eigenvalue weighted by molar-refractivity contribution is 0.478. The second-order valence-corrected chi connectivity index (χ2v) is 7.93. The first-order chi connectivity index (χ1) is 12.6. The fraction of sp³-hybridized carbons (Fsp3) is 0.250. The predicted molar refractivity (Wildman–Crippen MR) is 109 cm³/mol. The number of aryl methyl sites for hydroxylation is 1. The number of aromatic nitrogens is 1. The average Bonchev–Trinajstić information content (AvgIpc) is 3.12. The molecule has 0 radical (unpaired) electrons. The number of aromatic amines is 1. The molecule has 2 aromatic carbocycles. The van der Waals surface area contributed by atoms with E-state index in [4.69, 9.17) is 11.6 Å². The minimum absolute atomic E-state index is 0.101. The lowest BCUT2D eigenvalue weighted by Crippen LogP contribution is -2.10. The van der Waals surface area contributed by atoms with E-state index in [0.29, 0.717) is 10.5 Å². The third-order valence-electron chi connectivity index (χ3n) is 4.78. The monoisotopic (exact) mass is 386 g/mol. The van der Waals surface area contributed by atoms with Gasteiger partial charge >= 0.3 is 0 Å². The molecule has 0 amide bonds. The Morgan fingerprint density at radius 3 is 2.81 bits per heavy atom. The molecule has 26 heavy (non-hydrogen) atoms. The van der Waals surface area contributed by atoms with Gasteiger partial charge in [-0.2, -0.15) is 0 Å². The van der Waals surface area contributed by atoms with Crippen LogP contribution in [0.15, 0.2) is 40.0 Å². The summed E-state index contributed by atoms with van der Waals surface area (Å²) < 4.78 is 0. The summed E-state index contributed by atoms with van der Waals surface area (Å²) in [7, 11) is 1.94. The molecule has 0 unspecified atom stereocenters. The van der Waals surface area contributed by atoms with Gasteiger partial charge in [0.15, 0.2) is 0 Å². The Kier molecular flexibility index (Phi) is 4.69. The number of aromatic hydroxyl groups is 1. The lowest BCUT2D eigenvalue weighted by Gasteiger charge is -2.14. The molecule has 3 aromatic rings. The highest BCUT2D eigenvalue weighted by atomic mass is 35.5. The maximum atomic E-state index is 12.4. The quantitative estimate of drug-likeness (QED) is 0.635. The van der Waals surface area contributed by atoms with Gasteiger partial charge in [-0.3, -0.25) is 4.79 Å². The molecule has 3 N–H and O–H groups in total. The molecule has 0 bridgehead atoms. The highest BCUT2D eigenvalue weighted by Gasteiger charge is 2.24. The number of likely N-dealkylation sites (N-methyl/N-ethyl adjacent to an activating group) is 1. The van der Waals surface area contributed by atoms with Gasteiger partial charge in [0.2, 0.25) is 0 Å². The van der Waals surface area contributed by atoms with E-state index in [1.165, 1.54) is 11.6 Å². The number of nitrogens with one attached hydrogen (secondary N) is 2. The predicted octanol–water partition coefficient (Wildman–Crippen LogP) is 3.96. The Balaban J connectivity index is 1.95. The fourth-order valence-corrected chi connectivity index (χ4v) is 4.84.